The Balaban J connectivity index is 2.35. The highest BCUT2D eigenvalue weighted by Crippen LogP contribution is 2.30. The summed E-state index contributed by atoms with van der Waals surface area (Å²) in [5.74, 6) is -3.29. The Morgan fingerprint density at radius 1 is 1.04 bits per heavy atom. The monoisotopic (exact) mass is 409 g/mol. The van der Waals surface area contributed by atoms with Crippen molar-refractivity contribution in [2.75, 3.05) is 0 Å². The zero-order chi connectivity index (χ0) is 19.9. The van der Waals surface area contributed by atoms with Crippen molar-refractivity contribution in [1.82, 2.24) is 4.57 Å². The number of halogens is 4. The molecule has 27 heavy (non-hydrogen) atoms. The zero-order valence-electron chi connectivity index (χ0n) is 13.8. The maximum absolute atomic E-state index is 14.2. The van der Waals surface area contributed by atoms with Crippen LogP contribution in [0.2, 0.25) is 10.0 Å². The first-order valence-corrected chi connectivity index (χ1v) is 8.37. The normalized spacial score (nSPS) is 10.9. The van der Waals surface area contributed by atoms with Crippen molar-refractivity contribution < 1.29 is 18.7 Å². The van der Waals surface area contributed by atoms with Crippen molar-refractivity contribution in [1.29, 1.82) is 0 Å². The molecule has 8 heteroatoms. The number of nitrogens with zero attached hydrogens (tertiary/aromatic N) is 1. The van der Waals surface area contributed by atoms with Crippen molar-refractivity contribution in [3.8, 4) is 16.8 Å². The number of pyridine rings is 1. The summed E-state index contributed by atoms with van der Waals surface area (Å²) in [6.07, 6.45) is 0. The van der Waals surface area contributed by atoms with Gasteiger partial charge >= 0.3 is 5.97 Å². The van der Waals surface area contributed by atoms with Gasteiger partial charge in [0.25, 0.3) is 5.56 Å². The Morgan fingerprint density at radius 2 is 1.74 bits per heavy atom. The number of carboxylic acid groups (broad SMARTS) is 1. The maximum Gasteiger partial charge on any atom is 0.342 e. The fourth-order valence-corrected chi connectivity index (χ4v) is 3.09. The molecular formula is C19H11Cl2F2NO3. The molecule has 1 N–H and O–H groups in total. The molecule has 0 radical (unpaired) electrons. The Bertz CT molecular complexity index is 1140. The van der Waals surface area contributed by atoms with E-state index in [9.17, 15) is 23.5 Å². The van der Waals surface area contributed by atoms with Crippen molar-refractivity contribution in [2.45, 2.75) is 6.92 Å². The van der Waals surface area contributed by atoms with Gasteiger partial charge in [-0.3, -0.25) is 9.36 Å². The molecule has 0 aliphatic carbocycles. The first kappa shape index (κ1) is 19.1. The largest absolute Gasteiger partial charge is 0.477 e. The summed E-state index contributed by atoms with van der Waals surface area (Å²) >= 11 is 11.9. The van der Waals surface area contributed by atoms with Crippen molar-refractivity contribution >= 4 is 29.2 Å². The number of aryl methyl sites for hydroxylation is 1. The van der Waals surface area contributed by atoms with E-state index in [1.54, 1.807) is 0 Å². The first-order valence-electron chi connectivity index (χ1n) is 7.61. The van der Waals surface area contributed by atoms with E-state index in [1.807, 2.05) is 0 Å². The molecular weight excluding hydrogens is 399 g/mol. The van der Waals surface area contributed by atoms with Gasteiger partial charge in [0.1, 0.15) is 17.2 Å². The lowest BCUT2D eigenvalue weighted by Gasteiger charge is -2.15. The summed E-state index contributed by atoms with van der Waals surface area (Å²) in [6.45, 7) is 1.51. The highest BCUT2D eigenvalue weighted by Gasteiger charge is 2.22. The number of aromatic nitrogens is 1. The first-order chi connectivity index (χ1) is 12.7. The van der Waals surface area contributed by atoms with E-state index in [4.69, 9.17) is 23.2 Å². The molecule has 0 bridgehead atoms. The highest BCUT2D eigenvalue weighted by atomic mass is 35.5. The highest BCUT2D eigenvalue weighted by molar-refractivity contribution is 6.42. The average Bonchev–Trinajstić information content (AvgIpc) is 2.58. The smallest absolute Gasteiger partial charge is 0.342 e. The van der Waals surface area contributed by atoms with Crippen molar-refractivity contribution in [2.24, 2.45) is 0 Å². The molecule has 138 valence electrons. The number of hydrogen-bond donors (Lipinski definition) is 1. The summed E-state index contributed by atoms with van der Waals surface area (Å²) in [7, 11) is 0. The molecule has 0 aliphatic rings. The second-order valence-corrected chi connectivity index (χ2v) is 6.56. The standard InChI is InChI=1S/C19H11Cl2F2NO3/c1-9-6-12(10-2-4-13(20)14(21)7-10)17(19(26)27)18(25)24(9)16-5-3-11(22)8-15(16)23/h2-8H,1H3,(H,26,27). The van der Waals surface area contributed by atoms with Crippen molar-refractivity contribution in [3.05, 3.63) is 85.8 Å². The second kappa shape index (κ2) is 7.13. The van der Waals surface area contributed by atoms with E-state index in [2.05, 4.69) is 0 Å². The van der Waals surface area contributed by atoms with E-state index < -0.39 is 28.7 Å². The number of aromatic carboxylic acids is 1. The van der Waals surface area contributed by atoms with Crippen LogP contribution in [0.1, 0.15) is 16.1 Å². The molecule has 0 saturated heterocycles. The second-order valence-electron chi connectivity index (χ2n) is 5.74. The van der Waals surface area contributed by atoms with Crippen LogP contribution in [0.3, 0.4) is 0 Å². The quantitative estimate of drug-likeness (QED) is 0.654. The van der Waals surface area contributed by atoms with Crippen LogP contribution in [0.25, 0.3) is 16.8 Å². The number of rotatable bonds is 3. The van der Waals surface area contributed by atoms with E-state index in [-0.39, 0.29) is 27.0 Å². The number of hydrogen-bond acceptors (Lipinski definition) is 2. The van der Waals surface area contributed by atoms with Crippen LogP contribution in [-0.2, 0) is 0 Å². The SMILES string of the molecule is Cc1cc(-c2ccc(Cl)c(Cl)c2)c(C(=O)O)c(=O)n1-c1ccc(F)cc1F. The van der Waals surface area contributed by atoms with Gasteiger partial charge in [-0.25, -0.2) is 13.6 Å². The molecule has 3 rings (SSSR count). The minimum absolute atomic E-state index is 0.113. The fourth-order valence-electron chi connectivity index (χ4n) is 2.79. The van der Waals surface area contributed by atoms with Gasteiger partial charge in [-0.05, 0) is 42.8 Å². The predicted octanol–water partition coefficient (Wildman–Crippen LogP) is 5.10. The Kier molecular flexibility index (Phi) is 5.04. The molecule has 1 aromatic heterocycles. The Morgan fingerprint density at radius 3 is 2.33 bits per heavy atom. The third-order valence-corrected chi connectivity index (χ3v) is 4.73. The summed E-state index contributed by atoms with van der Waals surface area (Å²) in [5, 5.41) is 10.0. The van der Waals surface area contributed by atoms with Gasteiger partial charge in [-0.2, -0.15) is 0 Å². The van der Waals surface area contributed by atoms with Gasteiger partial charge in [-0.15, -0.1) is 0 Å². The van der Waals surface area contributed by atoms with E-state index in [1.165, 1.54) is 31.2 Å². The lowest BCUT2D eigenvalue weighted by atomic mass is 10.00. The van der Waals surface area contributed by atoms with Gasteiger partial charge in [0.05, 0.1) is 15.7 Å². The predicted molar refractivity (Wildman–Crippen MR) is 99.1 cm³/mol. The zero-order valence-corrected chi connectivity index (χ0v) is 15.3. The minimum atomic E-state index is -1.49. The van der Waals surface area contributed by atoms with E-state index in [0.717, 1.165) is 16.7 Å². The minimum Gasteiger partial charge on any atom is -0.477 e. The average molecular weight is 410 g/mol. The molecule has 4 nitrogen and oxygen atoms in total. The molecule has 0 amide bonds. The third kappa shape index (κ3) is 3.46. The fraction of sp³-hybridized carbons (Fsp3) is 0.0526. The summed E-state index contributed by atoms with van der Waals surface area (Å²) in [6, 6.07) is 8.54. The van der Waals surface area contributed by atoms with Crippen LogP contribution in [0.5, 0.6) is 0 Å². The van der Waals surface area contributed by atoms with Crippen LogP contribution in [0.4, 0.5) is 8.78 Å². The van der Waals surface area contributed by atoms with Crippen LogP contribution in [0.15, 0.2) is 47.3 Å². The number of carboxylic acids is 1. The molecule has 0 unspecified atom stereocenters. The lowest BCUT2D eigenvalue weighted by Crippen LogP contribution is -2.28. The van der Waals surface area contributed by atoms with Crippen LogP contribution in [-0.4, -0.2) is 15.6 Å². The summed E-state index contributed by atoms with van der Waals surface area (Å²) in [5.41, 5.74) is -1.02. The van der Waals surface area contributed by atoms with Crippen LogP contribution >= 0.6 is 23.2 Å². The molecule has 0 aliphatic heterocycles. The topological polar surface area (TPSA) is 59.3 Å². The molecule has 0 fully saturated rings. The summed E-state index contributed by atoms with van der Waals surface area (Å²) in [4.78, 5) is 24.7. The number of carbonyl (C=O) groups is 1. The van der Waals surface area contributed by atoms with Gasteiger partial charge in [0.15, 0.2) is 0 Å². The van der Waals surface area contributed by atoms with Gasteiger partial charge in [0, 0.05) is 17.3 Å². The molecule has 0 saturated carbocycles. The van der Waals surface area contributed by atoms with E-state index >= 15 is 0 Å². The number of benzene rings is 2. The van der Waals surface area contributed by atoms with Crippen LogP contribution in [0, 0.1) is 18.6 Å². The third-order valence-electron chi connectivity index (χ3n) is 3.99. The molecule has 2 aromatic carbocycles. The Hall–Kier alpha value is -2.70. The van der Waals surface area contributed by atoms with Crippen LogP contribution < -0.4 is 5.56 Å². The van der Waals surface area contributed by atoms with Gasteiger partial charge in [-0.1, -0.05) is 29.3 Å². The van der Waals surface area contributed by atoms with Gasteiger partial charge < -0.3 is 5.11 Å². The van der Waals surface area contributed by atoms with E-state index in [0.29, 0.717) is 11.6 Å². The molecule has 0 atom stereocenters. The molecule has 3 aromatic rings. The summed E-state index contributed by atoms with van der Waals surface area (Å²) < 4.78 is 28.2. The lowest BCUT2D eigenvalue weighted by molar-refractivity contribution is 0.0695. The maximum atomic E-state index is 14.2. The van der Waals surface area contributed by atoms with Gasteiger partial charge in [0.2, 0.25) is 0 Å². The van der Waals surface area contributed by atoms with Crippen molar-refractivity contribution in [3.63, 3.8) is 0 Å². The Labute approximate surface area is 162 Å². The molecule has 1 heterocycles. The molecule has 0 spiro atoms.